The van der Waals surface area contributed by atoms with Gasteiger partial charge in [-0.1, -0.05) is 0 Å². The summed E-state index contributed by atoms with van der Waals surface area (Å²) in [6.45, 7) is 5.75. The van der Waals surface area contributed by atoms with E-state index in [9.17, 15) is 0 Å². The summed E-state index contributed by atoms with van der Waals surface area (Å²) in [4.78, 5) is 10.3. The number of rotatable bonds is 1. The van der Waals surface area contributed by atoms with Gasteiger partial charge in [-0.3, -0.25) is 0 Å². The molecule has 1 aliphatic rings. The molecule has 0 bridgehead atoms. The molecule has 15 heavy (non-hydrogen) atoms. The average Bonchev–Trinajstić information content (AvgIpc) is 2.22. The standard InChI is InChI=1S/C10H16N4O/c1-7-6-15-8(2)5-14(7)9-3-4-12-10(11)13-9/h3-4,7-8H,5-6H2,1-2H3,(H2,11,12,13). The molecule has 1 fully saturated rings. The van der Waals surface area contributed by atoms with Crippen LogP contribution >= 0.6 is 0 Å². The number of aromatic nitrogens is 2. The third-order valence-electron chi connectivity index (χ3n) is 2.56. The summed E-state index contributed by atoms with van der Waals surface area (Å²) in [5, 5.41) is 0. The molecule has 5 nitrogen and oxygen atoms in total. The first-order valence-corrected chi connectivity index (χ1v) is 5.13. The van der Waals surface area contributed by atoms with Gasteiger partial charge in [-0.15, -0.1) is 0 Å². The molecule has 0 radical (unpaired) electrons. The molecule has 0 aromatic carbocycles. The van der Waals surface area contributed by atoms with E-state index in [-0.39, 0.29) is 6.10 Å². The summed E-state index contributed by atoms with van der Waals surface area (Å²) in [6.07, 6.45) is 1.92. The first-order chi connectivity index (χ1) is 7.16. The highest BCUT2D eigenvalue weighted by Gasteiger charge is 2.24. The highest BCUT2D eigenvalue weighted by atomic mass is 16.5. The van der Waals surface area contributed by atoms with Crippen molar-refractivity contribution in [1.29, 1.82) is 0 Å². The number of hydrogen-bond donors (Lipinski definition) is 1. The Balaban J connectivity index is 2.21. The van der Waals surface area contributed by atoms with E-state index in [4.69, 9.17) is 10.5 Å². The molecule has 1 aromatic heterocycles. The fourth-order valence-electron chi connectivity index (χ4n) is 1.75. The van der Waals surface area contributed by atoms with E-state index in [0.717, 1.165) is 19.0 Å². The molecule has 0 saturated carbocycles. The van der Waals surface area contributed by atoms with Crippen molar-refractivity contribution in [1.82, 2.24) is 9.97 Å². The second-order valence-electron chi connectivity index (χ2n) is 3.92. The Morgan fingerprint density at radius 2 is 2.33 bits per heavy atom. The van der Waals surface area contributed by atoms with Crippen molar-refractivity contribution in [3.8, 4) is 0 Å². The minimum atomic E-state index is 0.234. The van der Waals surface area contributed by atoms with E-state index in [1.54, 1.807) is 6.20 Å². The minimum Gasteiger partial charge on any atom is -0.375 e. The summed E-state index contributed by atoms with van der Waals surface area (Å²) >= 11 is 0. The van der Waals surface area contributed by atoms with E-state index in [2.05, 4.69) is 28.7 Å². The summed E-state index contributed by atoms with van der Waals surface area (Å²) < 4.78 is 5.56. The van der Waals surface area contributed by atoms with Crippen LogP contribution in [0, 0.1) is 0 Å². The fourth-order valence-corrected chi connectivity index (χ4v) is 1.75. The second-order valence-corrected chi connectivity index (χ2v) is 3.92. The molecule has 0 spiro atoms. The number of ether oxygens (including phenoxy) is 1. The van der Waals surface area contributed by atoms with Crippen molar-refractivity contribution in [2.45, 2.75) is 26.0 Å². The van der Waals surface area contributed by atoms with Gasteiger partial charge >= 0.3 is 0 Å². The normalized spacial score (nSPS) is 26.7. The van der Waals surface area contributed by atoms with Gasteiger partial charge < -0.3 is 15.4 Å². The van der Waals surface area contributed by atoms with Crippen LogP contribution in [-0.2, 0) is 4.74 Å². The Hall–Kier alpha value is -1.36. The zero-order valence-electron chi connectivity index (χ0n) is 9.05. The third-order valence-corrected chi connectivity index (χ3v) is 2.56. The Labute approximate surface area is 89.3 Å². The van der Waals surface area contributed by atoms with Crippen molar-refractivity contribution >= 4 is 11.8 Å². The maximum absolute atomic E-state index is 5.57. The van der Waals surface area contributed by atoms with Crippen LogP contribution in [0.5, 0.6) is 0 Å². The van der Waals surface area contributed by atoms with Gasteiger partial charge in [0.15, 0.2) is 0 Å². The van der Waals surface area contributed by atoms with Gasteiger partial charge in [0, 0.05) is 12.7 Å². The van der Waals surface area contributed by atoms with Crippen LogP contribution in [0.4, 0.5) is 11.8 Å². The molecule has 2 rings (SSSR count). The average molecular weight is 208 g/mol. The predicted octanol–water partition coefficient (Wildman–Crippen LogP) is 0.672. The zero-order valence-corrected chi connectivity index (χ0v) is 9.05. The molecule has 2 unspecified atom stereocenters. The van der Waals surface area contributed by atoms with Gasteiger partial charge in [0.1, 0.15) is 5.82 Å². The lowest BCUT2D eigenvalue weighted by Crippen LogP contribution is -2.47. The van der Waals surface area contributed by atoms with Crippen LogP contribution in [0.15, 0.2) is 12.3 Å². The van der Waals surface area contributed by atoms with Crippen LogP contribution in [0.1, 0.15) is 13.8 Å². The molecular formula is C10H16N4O. The van der Waals surface area contributed by atoms with Crippen LogP contribution in [0.25, 0.3) is 0 Å². The van der Waals surface area contributed by atoms with Gasteiger partial charge in [0.2, 0.25) is 5.95 Å². The zero-order chi connectivity index (χ0) is 10.8. The molecule has 2 heterocycles. The number of nitrogens with zero attached hydrogens (tertiary/aromatic N) is 3. The molecule has 5 heteroatoms. The Bertz CT molecular complexity index is 344. The lowest BCUT2D eigenvalue weighted by Gasteiger charge is -2.37. The smallest absolute Gasteiger partial charge is 0.221 e. The predicted molar refractivity (Wildman–Crippen MR) is 58.7 cm³/mol. The van der Waals surface area contributed by atoms with Crippen molar-refractivity contribution in [3.05, 3.63) is 12.3 Å². The van der Waals surface area contributed by atoms with Crippen molar-refractivity contribution in [2.24, 2.45) is 0 Å². The highest BCUT2D eigenvalue weighted by Crippen LogP contribution is 2.19. The molecule has 0 amide bonds. The molecule has 1 aliphatic heterocycles. The molecule has 2 N–H and O–H groups in total. The Morgan fingerprint density at radius 1 is 1.53 bits per heavy atom. The summed E-state index contributed by atoms with van der Waals surface area (Å²) in [6, 6.07) is 2.21. The summed E-state index contributed by atoms with van der Waals surface area (Å²) in [5.74, 6) is 1.20. The van der Waals surface area contributed by atoms with E-state index < -0.39 is 0 Å². The Morgan fingerprint density at radius 3 is 3.07 bits per heavy atom. The number of anilines is 2. The van der Waals surface area contributed by atoms with E-state index in [1.165, 1.54) is 0 Å². The highest BCUT2D eigenvalue weighted by molar-refractivity contribution is 5.42. The molecule has 0 aliphatic carbocycles. The maximum atomic E-state index is 5.57. The SMILES string of the molecule is CC1CN(c2ccnc(N)n2)C(C)CO1. The summed E-state index contributed by atoms with van der Waals surface area (Å²) in [5.41, 5.74) is 5.57. The summed E-state index contributed by atoms with van der Waals surface area (Å²) in [7, 11) is 0. The minimum absolute atomic E-state index is 0.234. The van der Waals surface area contributed by atoms with Crippen LogP contribution in [-0.4, -0.2) is 35.3 Å². The lowest BCUT2D eigenvalue weighted by atomic mass is 10.2. The Kier molecular flexibility index (Phi) is 2.73. The quantitative estimate of drug-likeness (QED) is 0.735. The largest absolute Gasteiger partial charge is 0.375 e. The topological polar surface area (TPSA) is 64.3 Å². The fraction of sp³-hybridized carbons (Fsp3) is 0.600. The number of nitrogens with two attached hydrogens (primary N) is 1. The van der Waals surface area contributed by atoms with Gasteiger partial charge in [-0.2, -0.15) is 4.98 Å². The number of hydrogen-bond acceptors (Lipinski definition) is 5. The van der Waals surface area contributed by atoms with Crippen LogP contribution in [0.3, 0.4) is 0 Å². The first-order valence-electron chi connectivity index (χ1n) is 5.13. The van der Waals surface area contributed by atoms with E-state index in [1.807, 2.05) is 6.07 Å². The van der Waals surface area contributed by atoms with Gasteiger partial charge in [0.25, 0.3) is 0 Å². The van der Waals surface area contributed by atoms with Gasteiger partial charge in [-0.05, 0) is 19.9 Å². The van der Waals surface area contributed by atoms with Crippen molar-refractivity contribution < 1.29 is 4.74 Å². The third kappa shape index (κ3) is 2.18. The van der Waals surface area contributed by atoms with Crippen LogP contribution in [0.2, 0.25) is 0 Å². The van der Waals surface area contributed by atoms with Gasteiger partial charge in [0.05, 0.1) is 18.8 Å². The molecule has 2 atom stereocenters. The molecule has 1 aromatic rings. The monoisotopic (exact) mass is 208 g/mol. The number of nitrogen functional groups attached to an aromatic ring is 1. The van der Waals surface area contributed by atoms with Crippen LogP contribution < -0.4 is 10.6 Å². The molecular weight excluding hydrogens is 192 g/mol. The van der Waals surface area contributed by atoms with E-state index >= 15 is 0 Å². The first kappa shape index (κ1) is 10.2. The van der Waals surface area contributed by atoms with Crippen molar-refractivity contribution in [3.63, 3.8) is 0 Å². The van der Waals surface area contributed by atoms with Crippen molar-refractivity contribution in [2.75, 3.05) is 23.8 Å². The molecule has 82 valence electrons. The lowest BCUT2D eigenvalue weighted by molar-refractivity contribution is 0.0340. The molecule has 1 saturated heterocycles. The maximum Gasteiger partial charge on any atom is 0.221 e. The second kappa shape index (κ2) is 4.02. The van der Waals surface area contributed by atoms with Gasteiger partial charge in [-0.25, -0.2) is 4.98 Å². The number of morpholine rings is 1. The van der Waals surface area contributed by atoms with E-state index in [0.29, 0.717) is 12.0 Å².